The number of hydrogen-bond acceptors (Lipinski definition) is 1. The molecule has 0 atom stereocenters. The van der Waals surface area contributed by atoms with Crippen LogP contribution in [0.15, 0.2) is 24.3 Å². The van der Waals surface area contributed by atoms with Crippen LogP contribution in [0.3, 0.4) is 0 Å². The van der Waals surface area contributed by atoms with Gasteiger partial charge >= 0.3 is 0 Å². The van der Waals surface area contributed by atoms with Crippen LogP contribution in [-0.4, -0.2) is 17.4 Å². The van der Waals surface area contributed by atoms with E-state index < -0.39 is 0 Å². The molecule has 14 heavy (non-hydrogen) atoms. The van der Waals surface area contributed by atoms with Crippen LogP contribution in [0.4, 0.5) is 0 Å². The number of amides is 1. The molecule has 0 bridgehead atoms. The van der Waals surface area contributed by atoms with Crippen molar-refractivity contribution >= 4 is 5.91 Å². The fraction of sp³-hybridized carbons (Fsp3) is 0.250. The van der Waals surface area contributed by atoms with Gasteiger partial charge in [0.1, 0.15) is 0 Å². The molecular formula is C12H11NO. The Bertz CT molecular complexity index is 403. The minimum absolute atomic E-state index is 0.107. The van der Waals surface area contributed by atoms with Gasteiger partial charge in [-0.15, -0.1) is 12.3 Å². The Kier molecular flexibility index (Phi) is 2.24. The molecule has 1 aromatic carbocycles. The molecule has 1 aromatic rings. The molecular weight excluding hydrogens is 174 g/mol. The number of rotatable bonds is 2. The number of fused-ring (bicyclic) bond motifs is 1. The Balaban J connectivity index is 2.18. The molecule has 0 saturated carbocycles. The van der Waals surface area contributed by atoms with E-state index >= 15 is 0 Å². The summed E-state index contributed by atoms with van der Waals surface area (Å²) in [6.45, 7) is 1.36. The topological polar surface area (TPSA) is 20.3 Å². The fourth-order valence-electron chi connectivity index (χ4n) is 1.69. The van der Waals surface area contributed by atoms with Crippen LogP contribution < -0.4 is 0 Å². The van der Waals surface area contributed by atoms with Gasteiger partial charge in [0, 0.05) is 25.1 Å². The van der Waals surface area contributed by atoms with E-state index in [2.05, 4.69) is 5.92 Å². The molecule has 2 nitrogen and oxygen atoms in total. The predicted molar refractivity (Wildman–Crippen MR) is 54.6 cm³/mol. The second-order valence-corrected chi connectivity index (χ2v) is 3.34. The summed E-state index contributed by atoms with van der Waals surface area (Å²) < 4.78 is 0. The maximum Gasteiger partial charge on any atom is 0.254 e. The smallest absolute Gasteiger partial charge is 0.254 e. The van der Waals surface area contributed by atoms with E-state index in [0.717, 1.165) is 11.1 Å². The zero-order chi connectivity index (χ0) is 9.97. The van der Waals surface area contributed by atoms with Crippen molar-refractivity contribution in [3.8, 4) is 12.3 Å². The fourth-order valence-corrected chi connectivity index (χ4v) is 1.69. The summed E-state index contributed by atoms with van der Waals surface area (Å²) >= 11 is 0. The van der Waals surface area contributed by atoms with Crippen LogP contribution in [0, 0.1) is 12.3 Å². The number of terminal acetylenes is 1. The standard InChI is InChI=1S/C12H11NO/c1-2-3-8-13-9-10-6-4-5-7-11(10)12(13)14/h1,4-7H,3,8-9H2. The van der Waals surface area contributed by atoms with Crippen LogP contribution in [-0.2, 0) is 6.54 Å². The molecule has 1 heterocycles. The van der Waals surface area contributed by atoms with Gasteiger partial charge in [-0.1, -0.05) is 18.2 Å². The van der Waals surface area contributed by atoms with E-state index in [9.17, 15) is 4.79 Å². The number of nitrogens with zero attached hydrogens (tertiary/aromatic N) is 1. The number of benzene rings is 1. The Morgan fingerprint density at radius 1 is 1.43 bits per heavy atom. The molecule has 0 fully saturated rings. The molecule has 1 aliphatic heterocycles. The zero-order valence-corrected chi connectivity index (χ0v) is 7.86. The first-order valence-electron chi connectivity index (χ1n) is 4.63. The molecule has 0 spiro atoms. The van der Waals surface area contributed by atoms with Crippen LogP contribution in [0.25, 0.3) is 0 Å². The van der Waals surface area contributed by atoms with Gasteiger partial charge in [-0.3, -0.25) is 4.79 Å². The molecule has 0 unspecified atom stereocenters. The van der Waals surface area contributed by atoms with Crippen LogP contribution >= 0.6 is 0 Å². The molecule has 2 rings (SSSR count). The van der Waals surface area contributed by atoms with Gasteiger partial charge in [0.2, 0.25) is 0 Å². The molecule has 0 N–H and O–H groups in total. The first-order valence-corrected chi connectivity index (χ1v) is 4.63. The van der Waals surface area contributed by atoms with Crippen LogP contribution in [0.1, 0.15) is 22.3 Å². The van der Waals surface area contributed by atoms with E-state index in [1.54, 1.807) is 4.90 Å². The monoisotopic (exact) mass is 185 g/mol. The molecule has 1 amide bonds. The highest BCUT2D eigenvalue weighted by Crippen LogP contribution is 2.21. The van der Waals surface area contributed by atoms with E-state index in [4.69, 9.17) is 6.42 Å². The Morgan fingerprint density at radius 3 is 2.93 bits per heavy atom. The zero-order valence-electron chi connectivity index (χ0n) is 7.86. The Morgan fingerprint density at radius 2 is 2.21 bits per heavy atom. The minimum Gasteiger partial charge on any atom is -0.333 e. The van der Waals surface area contributed by atoms with Crippen molar-refractivity contribution in [2.45, 2.75) is 13.0 Å². The van der Waals surface area contributed by atoms with E-state index in [1.807, 2.05) is 24.3 Å². The largest absolute Gasteiger partial charge is 0.333 e. The van der Waals surface area contributed by atoms with E-state index in [0.29, 0.717) is 19.5 Å². The first-order chi connectivity index (χ1) is 6.83. The quantitative estimate of drug-likeness (QED) is 0.642. The predicted octanol–water partition coefficient (Wildman–Crippen LogP) is 1.67. The third-order valence-corrected chi connectivity index (χ3v) is 2.42. The summed E-state index contributed by atoms with van der Waals surface area (Å²) in [5.74, 6) is 2.66. The molecule has 0 aromatic heterocycles. The highest BCUT2D eigenvalue weighted by atomic mass is 16.2. The summed E-state index contributed by atoms with van der Waals surface area (Å²) in [7, 11) is 0. The van der Waals surface area contributed by atoms with Crippen molar-refractivity contribution in [3.63, 3.8) is 0 Å². The van der Waals surface area contributed by atoms with E-state index in [1.165, 1.54) is 0 Å². The Hall–Kier alpha value is -1.75. The summed E-state index contributed by atoms with van der Waals surface area (Å²) in [6, 6.07) is 7.70. The maximum atomic E-state index is 11.8. The third kappa shape index (κ3) is 1.38. The summed E-state index contributed by atoms with van der Waals surface area (Å²) in [5.41, 5.74) is 1.93. The van der Waals surface area contributed by atoms with Gasteiger partial charge in [-0.05, 0) is 11.6 Å². The summed E-state index contributed by atoms with van der Waals surface area (Å²) in [4.78, 5) is 13.6. The second kappa shape index (κ2) is 3.55. The van der Waals surface area contributed by atoms with Crippen molar-refractivity contribution < 1.29 is 4.79 Å². The second-order valence-electron chi connectivity index (χ2n) is 3.34. The lowest BCUT2D eigenvalue weighted by Gasteiger charge is -2.12. The Labute approximate surface area is 83.5 Å². The number of hydrogen-bond donors (Lipinski definition) is 0. The third-order valence-electron chi connectivity index (χ3n) is 2.42. The molecule has 1 aliphatic rings. The maximum absolute atomic E-state index is 11.8. The van der Waals surface area contributed by atoms with Crippen molar-refractivity contribution in [2.24, 2.45) is 0 Å². The van der Waals surface area contributed by atoms with Gasteiger partial charge in [-0.2, -0.15) is 0 Å². The van der Waals surface area contributed by atoms with E-state index in [-0.39, 0.29) is 5.91 Å². The van der Waals surface area contributed by atoms with Gasteiger partial charge < -0.3 is 4.90 Å². The van der Waals surface area contributed by atoms with Crippen molar-refractivity contribution in [1.29, 1.82) is 0 Å². The van der Waals surface area contributed by atoms with Gasteiger partial charge in [0.05, 0.1) is 0 Å². The van der Waals surface area contributed by atoms with Gasteiger partial charge in [0.15, 0.2) is 0 Å². The first kappa shape index (κ1) is 8.83. The van der Waals surface area contributed by atoms with Gasteiger partial charge in [0.25, 0.3) is 5.91 Å². The average molecular weight is 185 g/mol. The number of carbonyl (C=O) groups excluding carboxylic acids is 1. The molecule has 0 aliphatic carbocycles. The lowest BCUT2D eigenvalue weighted by atomic mass is 10.1. The van der Waals surface area contributed by atoms with Crippen molar-refractivity contribution in [3.05, 3.63) is 35.4 Å². The highest BCUT2D eigenvalue weighted by molar-refractivity contribution is 5.98. The average Bonchev–Trinajstić information content (AvgIpc) is 2.54. The van der Waals surface area contributed by atoms with Gasteiger partial charge in [-0.25, -0.2) is 0 Å². The highest BCUT2D eigenvalue weighted by Gasteiger charge is 2.25. The molecule has 2 heteroatoms. The normalized spacial score (nSPS) is 13.9. The SMILES string of the molecule is C#CCCN1Cc2ccccc2C1=O. The summed E-state index contributed by atoms with van der Waals surface area (Å²) in [6.07, 6.45) is 5.79. The molecule has 0 saturated heterocycles. The summed E-state index contributed by atoms with van der Waals surface area (Å²) in [5, 5.41) is 0. The lowest BCUT2D eigenvalue weighted by molar-refractivity contribution is 0.0782. The van der Waals surface area contributed by atoms with Crippen LogP contribution in [0.2, 0.25) is 0 Å². The minimum atomic E-state index is 0.107. The number of carbonyl (C=O) groups is 1. The lowest BCUT2D eigenvalue weighted by Crippen LogP contribution is -2.24. The molecule has 0 radical (unpaired) electrons. The van der Waals surface area contributed by atoms with Crippen LogP contribution in [0.5, 0.6) is 0 Å². The van der Waals surface area contributed by atoms with Crippen molar-refractivity contribution in [2.75, 3.05) is 6.54 Å². The molecule has 70 valence electrons. The van der Waals surface area contributed by atoms with Crippen molar-refractivity contribution in [1.82, 2.24) is 4.90 Å².